The van der Waals surface area contributed by atoms with E-state index in [-0.39, 0.29) is 0 Å². The first-order chi connectivity index (χ1) is 7.84. The first-order valence-electron chi connectivity index (χ1n) is 6.90. The molecule has 16 heavy (non-hydrogen) atoms. The third-order valence-electron chi connectivity index (χ3n) is 4.94. The Labute approximate surface area is 103 Å². The first-order valence-corrected chi connectivity index (χ1v) is 8.06. The number of thioether (sulfide) groups is 1. The van der Waals surface area contributed by atoms with Gasteiger partial charge < -0.3 is 10.6 Å². The molecule has 2 N–H and O–H groups in total. The Hall–Kier alpha value is 0.270. The van der Waals surface area contributed by atoms with Gasteiger partial charge in [-0.25, -0.2) is 0 Å². The highest BCUT2D eigenvalue weighted by molar-refractivity contribution is 7.99. The Morgan fingerprint density at radius 1 is 1.12 bits per heavy atom. The number of nitrogens with two attached hydrogens (primary N) is 1. The van der Waals surface area contributed by atoms with Crippen LogP contribution in [0.1, 0.15) is 25.7 Å². The molecule has 3 fully saturated rings. The van der Waals surface area contributed by atoms with Crippen LogP contribution in [0.5, 0.6) is 0 Å². The average Bonchev–Trinajstić information content (AvgIpc) is 2.76. The van der Waals surface area contributed by atoms with Gasteiger partial charge in [-0.15, -0.1) is 0 Å². The van der Waals surface area contributed by atoms with Crippen LogP contribution in [0.15, 0.2) is 0 Å². The minimum absolute atomic E-state index is 0.523. The molecule has 1 aliphatic heterocycles. The standard InChI is InChI=1S/C13H24N2S/c14-13-11-3-2-10(8-11)12(13)9-15-4-1-6-16-7-5-15/h10-13H,1-9,14H2. The lowest BCUT2D eigenvalue weighted by molar-refractivity contribution is 0.183. The van der Waals surface area contributed by atoms with Crippen LogP contribution in [0.3, 0.4) is 0 Å². The smallest absolute Gasteiger partial charge is 0.0111 e. The van der Waals surface area contributed by atoms with Crippen molar-refractivity contribution < 1.29 is 0 Å². The highest BCUT2D eigenvalue weighted by Crippen LogP contribution is 2.47. The van der Waals surface area contributed by atoms with Crippen molar-refractivity contribution in [2.45, 2.75) is 31.7 Å². The number of hydrogen-bond acceptors (Lipinski definition) is 3. The minimum atomic E-state index is 0.523. The van der Waals surface area contributed by atoms with Crippen molar-refractivity contribution in [2.75, 3.05) is 31.1 Å². The minimum Gasteiger partial charge on any atom is -0.327 e. The molecular weight excluding hydrogens is 216 g/mol. The van der Waals surface area contributed by atoms with Crippen LogP contribution in [0, 0.1) is 17.8 Å². The van der Waals surface area contributed by atoms with Crippen LogP contribution in [0.25, 0.3) is 0 Å². The molecule has 3 heteroatoms. The van der Waals surface area contributed by atoms with Gasteiger partial charge in [0.15, 0.2) is 0 Å². The predicted molar refractivity (Wildman–Crippen MR) is 70.7 cm³/mol. The molecule has 0 radical (unpaired) electrons. The third-order valence-corrected chi connectivity index (χ3v) is 5.99. The predicted octanol–water partition coefficient (Wildman–Crippen LogP) is 1.80. The van der Waals surface area contributed by atoms with Crippen molar-refractivity contribution in [3.05, 3.63) is 0 Å². The Bertz CT molecular complexity index is 236. The molecule has 4 atom stereocenters. The van der Waals surface area contributed by atoms with Crippen molar-refractivity contribution in [2.24, 2.45) is 23.5 Å². The fourth-order valence-electron chi connectivity index (χ4n) is 4.00. The van der Waals surface area contributed by atoms with Crippen molar-refractivity contribution >= 4 is 11.8 Å². The van der Waals surface area contributed by atoms with Crippen LogP contribution in [-0.4, -0.2) is 42.1 Å². The number of hydrogen-bond donors (Lipinski definition) is 1. The van der Waals surface area contributed by atoms with E-state index < -0.39 is 0 Å². The fraction of sp³-hybridized carbons (Fsp3) is 1.00. The van der Waals surface area contributed by atoms with Crippen molar-refractivity contribution in [1.29, 1.82) is 0 Å². The molecule has 0 aromatic heterocycles. The van der Waals surface area contributed by atoms with Gasteiger partial charge >= 0.3 is 0 Å². The average molecular weight is 240 g/mol. The lowest BCUT2D eigenvalue weighted by Gasteiger charge is -2.32. The molecule has 1 saturated heterocycles. The second-order valence-corrected chi connectivity index (χ2v) is 7.07. The summed E-state index contributed by atoms with van der Waals surface area (Å²) in [5.74, 6) is 5.35. The van der Waals surface area contributed by atoms with Crippen molar-refractivity contribution in [3.63, 3.8) is 0 Å². The van der Waals surface area contributed by atoms with Crippen LogP contribution in [0.4, 0.5) is 0 Å². The second kappa shape index (κ2) is 4.87. The Morgan fingerprint density at radius 3 is 2.81 bits per heavy atom. The van der Waals surface area contributed by atoms with E-state index in [0.717, 1.165) is 17.8 Å². The summed E-state index contributed by atoms with van der Waals surface area (Å²) < 4.78 is 0. The quantitative estimate of drug-likeness (QED) is 0.798. The van der Waals surface area contributed by atoms with E-state index in [1.54, 1.807) is 0 Å². The summed E-state index contributed by atoms with van der Waals surface area (Å²) in [6, 6.07) is 0.523. The zero-order chi connectivity index (χ0) is 11.0. The molecule has 2 aliphatic carbocycles. The van der Waals surface area contributed by atoms with Crippen LogP contribution >= 0.6 is 11.8 Å². The largest absolute Gasteiger partial charge is 0.327 e. The number of fused-ring (bicyclic) bond motifs is 2. The Morgan fingerprint density at radius 2 is 2.00 bits per heavy atom. The van der Waals surface area contributed by atoms with Gasteiger partial charge in [0.1, 0.15) is 0 Å². The van der Waals surface area contributed by atoms with E-state index in [2.05, 4.69) is 16.7 Å². The molecule has 2 nitrogen and oxygen atoms in total. The monoisotopic (exact) mass is 240 g/mol. The van der Waals surface area contributed by atoms with E-state index in [0.29, 0.717) is 6.04 Å². The van der Waals surface area contributed by atoms with Gasteiger partial charge in [0, 0.05) is 24.9 Å². The molecular formula is C13H24N2S. The zero-order valence-corrected chi connectivity index (χ0v) is 10.9. The Kier molecular flexibility index (Phi) is 3.46. The summed E-state index contributed by atoms with van der Waals surface area (Å²) in [4.78, 5) is 2.69. The van der Waals surface area contributed by atoms with E-state index in [1.165, 1.54) is 56.8 Å². The highest BCUT2D eigenvalue weighted by Gasteiger charge is 2.45. The topological polar surface area (TPSA) is 29.3 Å². The van der Waals surface area contributed by atoms with Gasteiger partial charge in [0.05, 0.1) is 0 Å². The van der Waals surface area contributed by atoms with Gasteiger partial charge in [-0.05, 0) is 55.7 Å². The number of rotatable bonds is 2. The van der Waals surface area contributed by atoms with Gasteiger partial charge in [-0.2, -0.15) is 11.8 Å². The zero-order valence-electron chi connectivity index (χ0n) is 10.1. The molecule has 0 aromatic rings. The summed E-state index contributed by atoms with van der Waals surface area (Å²) in [7, 11) is 0. The summed E-state index contributed by atoms with van der Waals surface area (Å²) in [6.45, 7) is 3.90. The molecule has 0 amide bonds. The molecule has 2 bridgehead atoms. The third kappa shape index (κ3) is 2.14. The van der Waals surface area contributed by atoms with Crippen LogP contribution in [0.2, 0.25) is 0 Å². The van der Waals surface area contributed by atoms with E-state index in [1.807, 2.05) is 0 Å². The van der Waals surface area contributed by atoms with E-state index >= 15 is 0 Å². The molecule has 1 heterocycles. The van der Waals surface area contributed by atoms with Gasteiger partial charge in [-0.3, -0.25) is 0 Å². The molecule has 0 spiro atoms. The SMILES string of the molecule is NC1C2CCC(C2)C1CN1CCCSCC1. The Balaban J connectivity index is 1.57. The van der Waals surface area contributed by atoms with Crippen molar-refractivity contribution in [1.82, 2.24) is 4.90 Å². The molecule has 92 valence electrons. The normalized spacial score (nSPS) is 44.8. The van der Waals surface area contributed by atoms with E-state index in [9.17, 15) is 0 Å². The highest BCUT2D eigenvalue weighted by atomic mass is 32.2. The molecule has 2 saturated carbocycles. The molecule has 0 aromatic carbocycles. The first kappa shape index (κ1) is 11.4. The lowest BCUT2D eigenvalue weighted by atomic mass is 9.84. The second-order valence-electron chi connectivity index (χ2n) is 5.84. The van der Waals surface area contributed by atoms with Gasteiger partial charge in [-0.1, -0.05) is 0 Å². The molecule has 4 unspecified atom stereocenters. The summed E-state index contributed by atoms with van der Waals surface area (Å²) in [6.07, 6.45) is 5.69. The van der Waals surface area contributed by atoms with Gasteiger partial charge in [0.2, 0.25) is 0 Å². The summed E-state index contributed by atoms with van der Waals surface area (Å²) >= 11 is 2.12. The fourth-order valence-corrected chi connectivity index (χ4v) is 4.93. The maximum absolute atomic E-state index is 6.39. The lowest BCUT2D eigenvalue weighted by Crippen LogP contribution is -2.43. The van der Waals surface area contributed by atoms with Crippen molar-refractivity contribution in [3.8, 4) is 0 Å². The van der Waals surface area contributed by atoms with Gasteiger partial charge in [0.25, 0.3) is 0 Å². The maximum atomic E-state index is 6.39. The molecule has 3 aliphatic rings. The van der Waals surface area contributed by atoms with E-state index in [4.69, 9.17) is 5.73 Å². The van der Waals surface area contributed by atoms with Crippen LogP contribution < -0.4 is 5.73 Å². The van der Waals surface area contributed by atoms with Crippen LogP contribution in [-0.2, 0) is 0 Å². The number of nitrogens with zero attached hydrogens (tertiary/aromatic N) is 1. The molecule has 3 rings (SSSR count). The maximum Gasteiger partial charge on any atom is 0.0111 e. The summed E-state index contributed by atoms with van der Waals surface area (Å²) in [5.41, 5.74) is 6.39. The summed E-state index contributed by atoms with van der Waals surface area (Å²) in [5, 5.41) is 0.